The molecule has 114 valence electrons. The van der Waals surface area contributed by atoms with Gasteiger partial charge < -0.3 is 10.6 Å². The molecule has 1 fully saturated rings. The van der Waals surface area contributed by atoms with E-state index >= 15 is 0 Å². The van der Waals surface area contributed by atoms with Gasteiger partial charge in [-0.3, -0.25) is 9.69 Å². The summed E-state index contributed by atoms with van der Waals surface area (Å²) in [4.78, 5) is 14.1. The van der Waals surface area contributed by atoms with Crippen LogP contribution >= 0.6 is 24.8 Å². The topological polar surface area (TPSA) is 44.4 Å². The molecule has 1 amide bonds. The zero-order valence-corrected chi connectivity index (χ0v) is 13.6. The number of halogens is 2. The minimum absolute atomic E-state index is 0. The second-order valence-electron chi connectivity index (χ2n) is 4.82. The summed E-state index contributed by atoms with van der Waals surface area (Å²) in [6, 6.07) is 5.99. The molecule has 0 aromatic heterocycles. The van der Waals surface area contributed by atoms with E-state index in [2.05, 4.69) is 28.5 Å². The molecule has 0 spiro atoms. The average molecular weight is 320 g/mol. The SMILES string of the molecule is Cc1cccc(NC(=O)CN2CCNCC2)c1C.Cl.Cl. The van der Waals surface area contributed by atoms with Crippen LogP contribution in [0.1, 0.15) is 11.1 Å². The Labute approximate surface area is 133 Å². The number of benzene rings is 1. The second kappa shape index (κ2) is 9.19. The van der Waals surface area contributed by atoms with Gasteiger partial charge in [0.05, 0.1) is 6.54 Å². The van der Waals surface area contributed by atoms with Gasteiger partial charge in [-0.1, -0.05) is 12.1 Å². The van der Waals surface area contributed by atoms with Crippen molar-refractivity contribution in [2.24, 2.45) is 0 Å². The molecule has 4 nitrogen and oxygen atoms in total. The van der Waals surface area contributed by atoms with E-state index in [4.69, 9.17) is 0 Å². The van der Waals surface area contributed by atoms with Gasteiger partial charge in [-0.15, -0.1) is 24.8 Å². The fraction of sp³-hybridized carbons (Fsp3) is 0.500. The molecule has 0 radical (unpaired) electrons. The molecule has 1 aromatic carbocycles. The highest BCUT2D eigenvalue weighted by Crippen LogP contribution is 2.17. The normalized spacial score (nSPS) is 14.9. The lowest BCUT2D eigenvalue weighted by Gasteiger charge is -2.26. The van der Waals surface area contributed by atoms with Crippen molar-refractivity contribution in [3.05, 3.63) is 29.3 Å². The average Bonchev–Trinajstić information content (AvgIpc) is 2.36. The van der Waals surface area contributed by atoms with Gasteiger partial charge in [-0.05, 0) is 31.0 Å². The molecule has 1 heterocycles. The van der Waals surface area contributed by atoms with E-state index in [0.29, 0.717) is 6.54 Å². The molecule has 0 atom stereocenters. The van der Waals surface area contributed by atoms with Gasteiger partial charge >= 0.3 is 0 Å². The number of aryl methyl sites for hydroxylation is 1. The summed E-state index contributed by atoms with van der Waals surface area (Å²) in [5.74, 6) is 0.0746. The highest BCUT2D eigenvalue weighted by molar-refractivity contribution is 5.93. The van der Waals surface area contributed by atoms with Crippen molar-refractivity contribution in [3.63, 3.8) is 0 Å². The molecule has 0 bridgehead atoms. The van der Waals surface area contributed by atoms with E-state index < -0.39 is 0 Å². The van der Waals surface area contributed by atoms with E-state index in [1.54, 1.807) is 0 Å². The summed E-state index contributed by atoms with van der Waals surface area (Å²) >= 11 is 0. The van der Waals surface area contributed by atoms with Crippen LogP contribution in [0, 0.1) is 13.8 Å². The minimum atomic E-state index is 0. The molecule has 0 unspecified atom stereocenters. The molecule has 0 saturated carbocycles. The first-order valence-electron chi connectivity index (χ1n) is 6.46. The van der Waals surface area contributed by atoms with Crippen molar-refractivity contribution >= 4 is 36.4 Å². The van der Waals surface area contributed by atoms with E-state index in [0.717, 1.165) is 37.4 Å². The Morgan fingerprint density at radius 1 is 1.25 bits per heavy atom. The van der Waals surface area contributed by atoms with E-state index in [1.165, 1.54) is 5.56 Å². The number of nitrogens with one attached hydrogen (secondary N) is 2. The number of rotatable bonds is 3. The maximum atomic E-state index is 12.0. The first-order chi connectivity index (χ1) is 8.66. The van der Waals surface area contributed by atoms with Crippen LogP contribution in [0.25, 0.3) is 0 Å². The molecule has 1 aliphatic rings. The van der Waals surface area contributed by atoms with Crippen LogP contribution in [0.3, 0.4) is 0 Å². The van der Waals surface area contributed by atoms with Gasteiger partial charge in [0.25, 0.3) is 0 Å². The summed E-state index contributed by atoms with van der Waals surface area (Å²) < 4.78 is 0. The Morgan fingerprint density at radius 3 is 2.55 bits per heavy atom. The standard InChI is InChI=1S/C14H21N3O.2ClH/c1-11-4-3-5-13(12(11)2)16-14(18)10-17-8-6-15-7-9-17;;/h3-5,15H,6-10H2,1-2H3,(H,16,18);2*1H. The van der Waals surface area contributed by atoms with Crippen molar-refractivity contribution in [2.75, 3.05) is 38.0 Å². The Morgan fingerprint density at radius 2 is 1.90 bits per heavy atom. The largest absolute Gasteiger partial charge is 0.325 e. The lowest BCUT2D eigenvalue weighted by atomic mass is 10.1. The molecule has 2 N–H and O–H groups in total. The van der Waals surface area contributed by atoms with Gasteiger partial charge in [0.15, 0.2) is 0 Å². The quantitative estimate of drug-likeness (QED) is 0.895. The first-order valence-corrected chi connectivity index (χ1v) is 6.46. The molecule has 1 saturated heterocycles. The van der Waals surface area contributed by atoms with E-state index in [9.17, 15) is 4.79 Å². The van der Waals surface area contributed by atoms with Gasteiger partial charge in [-0.2, -0.15) is 0 Å². The van der Waals surface area contributed by atoms with Crippen LogP contribution in [0.5, 0.6) is 0 Å². The van der Waals surface area contributed by atoms with Gasteiger partial charge in [0.1, 0.15) is 0 Å². The third-order valence-electron chi connectivity index (χ3n) is 3.46. The lowest BCUT2D eigenvalue weighted by molar-refractivity contribution is -0.117. The van der Waals surface area contributed by atoms with Crippen molar-refractivity contribution < 1.29 is 4.79 Å². The molecule has 0 aliphatic carbocycles. The summed E-state index contributed by atoms with van der Waals surface area (Å²) in [7, 11) is 0. The number of hydrogen-bond donors (Lipinski definition) is 2. The van der Waals surface area contributed by atoms with Crippen LogP contribution in [0.4, 0.5) is 5.69 Å². The van der Waals surface area contributed by atoms with Crippen molar-refractivity contribution in [3.8, 4) is 0 Å². The number of nitrogens with zero attached hydrogens (tertiary/aromatic N) is 1. The van der Waals surface area contributed by atoms with Crippen molar-refractivity contribution in [1.82, 2.24) is 10.2 Å². The number of hydrogen-bond acceptors (Lipinski definition) is 3. The van der Waals surface area contributed by atoms with Gasteiger partial charge in [0.2, 0.25) is 5.91 Å². The highest BCUT2D eigenvalue weighted by atomic mass is 35.5. The lowest BCUT2D eigenvalue weighted by Crippen LogP contribution is -2.46. The first kappa shape index (κ1) is 19.2. The highest BCUT2D eigenvalue weighted by Gasteiger charge is 2.14. The van der Waals surface area contributed by atoms with Crippen LogP contribution in [0.15, 0.2) is 18.2 Å². The molecule has 1 aliphatic heterocycles. The van der Waals surface area contributed by atoms with Gasteiger partial charge in [0, 0.05) is 31.9 Å². The summed E-state index contributed by atoms with van der Waals surface area (Å²) in [5, 5.41) is 6.28. The zero-order valence-electron chi connectivity index (χ0n) is 11.9. The minimum Gasteiger partial charge on any atom is -0.325 e. The maximum absolute atomic E-state index is 12.0. The smallest absolute Gasteiger partial charge is 0.238 e. The van der Waals surface area contributed by atoms with Gasteiger partial charge in [-0.25, -0.2) is 0 Å². The summed E-state index contributed by atoms with van der Waals surface area (Å²) in [6.45, 7) is 8.40. The Hall–Kier alpha value is -0.810. The van der Waals surface area contributed by atoms with Crippen molar-refractivity contribution in [2.45, 2.75) is 13.8 Å². The Kier molecular flexibility index (Phi) is 8.81. The number of carbonyl (C=O) groups excluding carboxylic acids is 1. The summed E-state index contributed by atoms with van der Waals surface area (Å²) in [5.41, 5.74) is 3.27. The maximum Gasteiger partial charge on any atom is 0.238 e. The van der Waals surface area contributed by atoms with Crippen molar-refractivity contribution in [1.29, 1.82) is 0 Å². The fourth-order valence-electron chi connectivity index (χ4n) is 2.15. The third-order valence-corrected chi connectivity index (χ3v) is 3.46. The fourth-order valence-corrected chi connectivity index (χ4v) is 2.15. The van der Waals surface area contributed by atoms with E-state index in [1.807, 2.05) is 19.1 Å². The zero-order chi connectivity index (χ0) is 13.0. The molecule has 6 heteroatoms. The second-order valence-corrected chi connectivity index (χ2v) is 4.82. The molecule has 2 rings (SSSR count). The molecular formula is C14H23Cl2N3O. The molecule has 1 aromatic rings. The number of piperazine rings is 1. The predicted octanol–water partition coefficient (Wildman–Crippen LogP) is 1.99. The number of amides is 1. The monoisotopic (exact) mass is 319 g/mol. The number of carbonyl (C=O) groups is 1. The van der Waals surface area contributed by atoms with Crippen LogP contribution in [0.2, 0.25) is 0 Å². The number of anilines is 1. The van der Waals surface area contributed by atoms with Crippen LogP contribution in [-0.2, 0) is 4.79 Å². The molecule has 20 heavy (non-hydrogen) atoms. The summed E-state index contributed by atoms with van der Waals surface area (Å²) in [6.07, 6.45) is 0. The third kappa shape index (κ3) is 5.29. The predicted molar refractivity (Wildman–Crippen MR) is 88.4 cm³/mol. The van der Waals surface area contributed by atoms with Crippen LogP contribution < -0.4 is 10.6 Å². The molecular weight excluding hydrogens is 297 g/mol. The Balaban J connectivity index is 0.00000180. The van der Waals surface area contributed by atoms with Crippen LogP contribution in [-0.4, -0.2) is 43.5 Å². The Bertz CT molecular complexity index is 434. The van der Waals surface area contributed by atoms with E-state index in [-0.39, 0.29) is 30.7 Å².